The molecule has 2 aromatic rings. The fourth-order valence-corrected chi connectivity index (χ4v) is 3.41. The molecule has 0 aliphatic carbocycles. The standard InChI is InChI=1S/C20H26N2O3/c1-14-7-9-16(10-8-14)15(2)21-20(24)22-11-3-5-17(22)13-18(23)19-6-4-12-25-19/h4,6-10,12,15,17-18,23H,3,5,11,13H2,1-2H3,(H,21,24). The third kappa shape index (κ3) is 4.23. The van der Waals surface area contributed by atoms with Crippen molar-refractivity contribution >= 4 is 6.03 Å². The minimum Gasteiger partial charge on any atom is -0.467 e. The summed E-state index contributed by atoms with van der Waals surface area (Å²) >= 11 is 0. The molecule has 2 heterocycles. The van der Waals surface area contributed by atoms with Gasteiger partial charge < -0.3 is 19.7 Å². The molecule has 25 heavy (non-hydrogen) atoms. The van der Waals surface area contributed by atoms with Gasteiger partial charge in [-0.05, 0) is 44.4 Å². The van der Waals surface area contributed by atoms with Gasteiger partial charge in [-0.25, -0.2) is 4.79 Å². The Balaban J connectivity index is 1.59. The lowest BCUT2D eigenvalue weighted by atomic mass is 10.1. The van der Waals surface area contributed by atoms with Crippen molar-refractivity contribution in [1.29, 1.82) is 0 Å². The Morgan fingerprint density at radius 3 is 2.80 bits per heavy atom. The smallest absolute Gasteiger partial charge is 0.318 e. The predicted molar refractivity (Wildman–Crippen MR) is 96.1 cm³/mol. The Morgan fingerprint density at radius 1 is 1.36 bits per heavy atom. The van der Waals surface area contributed by atoms with Gasteiger partial charge in [-0.3, -0.25) is 0 Å². The normalized spacial score (nSPS) is 19.6. The van der Waals surface area contributed by atoms with Crippen LogP contribution in [0, 0.1) is 6.92 Å². The van der Waals surface area contributed by atoms with E-state index < -0.39 is 6.10 Å². The van der Waals surface area contributed by atoms with Gasteiger partial charge >= 0.3 is 6.03 Å². The lowest BCUT2D eigenvalue weighted by Gasteiger charge is -2.28. The molecule has 5 heteroatoms. The summed E-state index contributed by atoms with van der Waals surface area (Å²) in [4.78, 5) is 14.5. The van der Waals surface area contributed by atoms with Crippen LogP contribution < -0.4 is 5.32 Å². The van der Waals surface area contributed by atoms with Crippen LogP contribution in [0.1, 0.15) is 55.2 Å². The van der Waals surface area contributed by atoms with Crippen molar-refractivity contribution in [1.82, 2.24) is 10.2 Å². The van der Waals surface area contributed by atoms with Gasteiger partial charge in [0, 0.05) is 19.0 Å². The van der Waals surface area contributed by atoms with E-state index in [2.05, 4.69) is 17.4 Å². The number of aliphatic hydroxyl groups is 1. The van der Waals surface area contributed by atoms with Crippen molar-refractivity contribution in [2.45, 2.75) is 51.3 Å². The average Bonchev–Trinajstić information content (AvgIpc) is 3.27. The van der Waals surface area contributed by atoms with Gasteiger partial charge in [0.2, 0.25) is 0 Å². The van der Waals surface area contributed by atoms with E-state index in [0.29, 0.717) is 12.2 Å². The maximum absolute atomic E-state index is 12.7. The zero-order valence-corrected chi connectivity index (χ0v) is 14.8. The molecule has 134 valence electrons. The zero-order chi connectivity index (χ0) is 17.8. The summed E-state index contributed by atoms with van der Waals surface area (Å²) in [5, 5.41) is 13.4. The van der Waals surface area contributed by atoms with E-state index in [0.717, 1.165) is 24.9 Å². The number of hydrogen-bond donors (Lipinski definition) is 2. The number of benzene rings is 1. The fraction of sp³-hybridized carbons (Fsp3) is 0.450. The van der Waals surface area contributed by atoms with Gasteiger partial charge in [-0.15, -0.1) is 0 Å². The van der Waals surface area contributed by atoms with Gasteiger partial charge in [0.15, 0.2) is 0 Å². The minimum absolute atomic E-state index is 0.0327. The molecule has 1 aliphatic heterocycles. The van der Waals surface area contributed by atoms with Crippen molar-refractivity contribution in [3.8, 4) is 0 Å². The van der Waals surface area contributed by atoms with Crippen LogP contribution in [0.15, 0.2) is 47.1 Å². The first kappa shape index (κ1) is 17.5. The number of carbonyl (C=O) groups excluding carboxylic acids is 1. The number of nitrogens with zero attached hydrogens (tertiary/aromatic N) is 1. The van der Waals surface area contributed by atoms with Crippen LogP contribution in [-0.4, -0.2) is 28.6 Å². The molecule has 0 spiro atoms. The van der Waals surface area contributed by atoms with Crippen molar-refractivity contribution in [2.24, 2.45) is 0 Å². The Hall–Kier alpha value is -2.27. The van der Waals surface area contributed by atoms with Crippen molar-refractivity contribution in [3.05, 3.63) is 59.5 Å². The predicted octanol–water partition coefficient (Wildman–Crippen LogP) is 3.95. The molecule has 1 aromatic heterocycles. The third-order valence-electron chi connectivity index (χ3n) is 4.92. The number of carbonyl (C=O) groups is 1. The van der Waals surface area contributed by atoms with Crippen LogP contribution in [0.3, 0.4) is 0 Å². The number of rotatable bonds is 5. The highest BCUT2D eigenvalue weighted by atomic mass is 16.4. The SMILES string of the molecule is Cc1ccc(C(C)NC(=O)N2CCCC2CC(O)c2ccco2)cc1. The van der Waals surface area contributed by atoms with Crippen LogP contribution in [0.4, 0.5) is 4.79 Å². The lowest BCUT2D eigenvalue weighted by Crippen LogP contribution is -2.44. The second kappa shape index (κ2) is 7.74. The van der Waals surface area contributed by atoms with E-state index in [1.54, 1.807) is 18.4 Å². The summed E-state index contributed by atoms with van der Waals surface area (Å²) in [5.41, 5.74) is 2.29. The Morgan fingerprint density at radius 2 is 2.12 bits per heavy atom. The van der Waals surface area contributed by atoms with Crippen molar-refractivity contribution in [2.75, 3.05) is 6.54 Å². The number of likely N-dealkylation sites (tertiary alicyclic amines) is 1. The first-order chi connectivity index (χ1) is 12.0. The quantitative estimate of drug-likeness (QED) is 0.865. The molecule has 3 atom stereocenters. The van der Waals surface area contributed by atoms with E-state index in [4.69, 9.17) is 4.42 Å². The van der Waals surface area contributed by atoms with Crippen LogP contribution in [0.5, 0.6) is 0 Å². The molecule has 0 saturated carbocycles. The molecule has 5 nitrogen and oxygen atoms in total. The number of furan rings is 1. The number of nitrogens with one attached hydrogen (secondary N) is 1. The van der Waals surface area contributed by atoms with Crippen LogP contribution >= 0.6 is 0 Å². The van der Waals surface area contributed by atoms with E-state index in [1.807, 2.05) is 30.9 Å². The molecule has 1 aliphatic rings. The second-order valence-corrected chi connectivity index (χ2v) is 6.84. The number of aliphatic hydroxyl groups excluding tert-OH is 1. The van der Waals surface area contributed by atoms with Crippen molar-refractivity contribution < 1.29 is 14.3 Å². The molecular formula is C20H26N2O3. The van der Waals surface area contributed by atoms with E-state index in [-0.39, 0.29) is 18.1 Å². The number of aryl methyl sites for hydroxylation is 1. The van der Waals surface area contributed by atoms with Crippen molar-refractivity contribution in [3.63, 3.8) is 0 Å². The van der Waals surface area contributed by atoms with Crippen LogP contribution in [0.2, 0.25) is 0 Å². The molecule has 1 saturated heterocycles. The molecule has 2 N–H and O–H groups in total. The Labute approximate surface area is 148 Å². The molecule has 1 fully saturated rings. The molecule has 2 amide bonds. The number of hydrogen-bond acceptors (Lipinski definition) is 3. The van der Waals surface area contributed by atoms with Gasteiger partial charge in [0.1, 0.15) is 11.9 Å². The highest BCUT2D eigenvalue weighted by molar-refractivity contribution is 5.75. The van der Waals surface area contributed by atoms with E-state index in [9.17, 15) is 9.90 Å². The van der Waals surface area contributed by atoms with Gasteiger partial charge in [0.05, 0.1) is 12.3 Å². The summed E-state index contributed by atoms with van der Waals surface area (Å²) < 4.78 is 5.26. The maximum atomic E-state index is 12.7. The minimum atomic E-state index is -0.678. The summed E-state index contributed by atoms with van der Waals surface area (Å²) in [6.45, 7) is 4.76. The second-order valence-electron chi connectivity index (χ2n) is 6.84. The number of amides is 2. The molecule has 0 bridgehead atoms. The monoisotopic (exact) mass is 342 g/mol. The largest absolute Gasteiger partial charge is 0.467 e. The summed E-state index contributed by atoms with van der Waals surface area (Å²) in [6.07, 6.45) is 3.25. The van der Waals surface area contributed by atoms with E-state index >= 15 is 0 Å². The topological polar surface area (TPSA) is 65.7 Å². The zero-order valence-electron chi connectivity index (χ0n) is 14.8. The maximum Gasteiger partial charge on any atom is 0.318 e. The van der Waals surface area contributed by atoms with Crippen LogP contribution in [-0.2, 0) is 0 Å². The first-order valence-electron chi connectivity index (χ1n) is 8.90. The van der Waals surface area contributed by atoms with Gasteiger partial charge in [-0.1, -0.05) is 29.8 Å². The summed E-state index contributed by atoms with van der Waals surface area (Å²) in [7, 11) is 0. The molecule has 3 unspecified atom stereocenters. The molecule has 1 aromatic carbocycles. The molecule has 0 radical (unpaired) electrons. The highest BCUT2D eigenvalue weighted by Gasteiger charge is 2.31. The lowest BCUT2D eigenvalue weighted by molar-refractivity contribution is 0.107. The third-order valence-corrected chi connectivity index (χ3v) is 4.92. The summed E-state index contributed by atoms with van der Waals surface area (Å²) in [5.74, 6) is 0.556. The Bertz CT molecular complexity index is 681. The number of urea groups is 1. The fourth-order valence-electron chi connectivity index (χ4n) is 3.41. The van der Waals surface area contributed by atoms with Gasteiger partial charge in [-0.2, -0.15) is 0 Å². The molecular weight excluding hydrogens is 316 g/mol. The van der Waals surface area contributed by atoms with Gasteiger partial charge in [0.25, 0.3) is 0 Å². The van der Waals surface area contributed by atoms with E-state index in [1.165, 1.54) is 5.56 Å². The average molecular weight is 342 g/mol. The summed E-state index contributed by atoms with van der Waals surface area (Å²) in [6, 6.07) is 11.6. The highest BCUT2D eigenvalue weighted by Crippen LogP contribution is 2.28. The first-order valence-corrected chi connectivity index (χ1v) is 8.90. The molecule has 3 rings (SSSR count). The Kier molecular flexibility index (Phi) is 5.43. The van der Waals surface area contributed by atoms with Crippen LogP contribution in [0.25, 0.3) is 0 Å².